The van der Waals surface area contributed by atoms with Gasteiger partial charge in [-0.2, -0.15) is 0 Å². The number of rotatable bonds is 6. The van der Waals surface area contributed by atoms with Gasteiger partial charge in [-0.05, 0) is 12.0 Å². The Labute approximate surface area is 102 Å². The van der Waals surface area contributed by atoms with Crippen molar-refractivity contribution in [2.75, 3.05) is 0 Å². The van der Waals surface area contributed by atoms with Crippen molar-refractivity contribution in [1.29, 1.82) is 0 Å². The van der Waals surface area contributed by atoms with Crippen molar-refractivity contribution in [3.8, 4) is 0 Å². The molecule has 17 heavy (non-hydrogen) atoms. The molecule has 0 fully saturated rings. The van der Waals surface area contributed by atoms with Gasteiger partial charge in [0.05, 0.1) is 4.92 Å². The summed E-state index contributed by atoms with van der Waals surface area (Å²) in [5.74, 6) is 0. The molecule has 0 aromatic heterocycles. The van der Waals surface area contributed by atoms with Crippen LogP contribution >= 0.6 is 0 Å². The van der Waals surface area contributed by atoms with Gasteiger partial charge >= 0.3 is 0 Å². The highest BCUT2D eigenvalue weighted by Gasteiger charge is 2.14. The first kappa shape index (κ1) is 13.6. The van der Waals surface area contributed by atoms with Crippen LogP contribution in [0.3, 0.4) is 0 Å². The molecular weight excluding hydrogens is 216 g/mol. The van der Waals surface area contributed by atoms with Gasteiger partial charge in [0, 0.05) is 24.2 Å². The number of non-ortho nitro benzene ring substituents is 1. The van der Waals surface area contributed by atoms with Crippen molar-refractivity contribution in [2.24, 2.45) is 0 Å². The van der Waals surface area contributed by atoms with E-state index in [-0.39, 0.29) is 16.7 Å². The van der Waals surface area contributed by atoms with Crippen molar-refractivity contribution >= 4 is 5.69 Å². The maximum absolute atomic E-state index is 10.7. The minimum Gasteiger partial charge on any atom is -0.308 e. The zero-order valence-electron chi connectivity index (χ0n) is 10.6. The number of nitro benzene ring substituents is 1. The third kappa shape index (κ3) is 4.15. The van der Waals surface area contributed by atoms with Crippen LogP contribution in [-0.4, -0.2) is 11.0 Å². The highest BCUT2D eigenvalue weighted by Crippen LogP contribution is 2.23. The summed E-state index contributed by atoms with van der Waals surface area (Å²) in [5.41, 5.74) is 1.16. The average molecular weight is 236 g/mol. The Morgan fingerprint density at radius 3 is 2.65 bits per heavy atom. The molecule has 4 heteroatoms. The first-order valence-electron chi connectivity index (χ1n) is 6.05. The summed E-state index contributed by atoms with van der Waals surface area (Å²) in [6.45, 7) is 6.28. The molecule has 1 rings (SSSR count). The molecule has 1 aromatic rings. The summed E-state index contributed by atoms with van der Waals surface area (Å²) in [7, 11) is 0. The fourth-order valence-electron chi connectivity index (χ4n) is 1.89. The number of benzene rings is 1. The Hall–Kier alpha value is -1.42. The Morgan fingerprint density at radius 2 is 2.12 bits per heavy atom. The second kappa shape index (κ2) is 6.35. The van der Waals surface area contributed by atoms with Crippen LogP contribution in [0.4, 0.5) is 5.69 Å². The van der Waals surface area contributed by atoms with Gasteiger partial charge in [-0.25, -0.2) is 0 Å². The standard InChI is InChI=1S/C13H20N2O2/c1-4-6-13(14-10(2)3)11-7-5-8-12(9-11)15(16)17/h5,7-10,13-14H,4,6H2,1-3H3. The average Bonchev–Trinajstić information content (AvgIpc) is 2.28. The Balaban J connectivity index is 2.92. The van der Waals surface area contributed by atoms with Gasteiger partial charge < -0.3 is 5.32 Å². The Bertz CT molecular complexity index is 377. The minimum absolute atomic E-state index is 0.161. The Kier molecular flexibility index (Phi) is 5.10. The molecule has 0 amide bonds. The molecule has 1 N–H and O–H groups in total. The largest absolute Gasteiger partial charge is 0.308 e. The maximum Gasteiger partial charge on any atom is 0.269 e. The second-order valence-electron chi connectivity index (χ2n) is 4.51. The molecule has 0 saturated heterocycles. The smallest absolute Gasteiger partial charge is 0.269 e. The molecule has 1 atom stereocenters. The van der Waals surface area contributed by atoms with Crippen LogP contribution in [0.5, 0.6) is 0 Å². The molecule has 0 aliphatic carbocycles. The van der Waals surface area contributed by atoms with Crippen molar-refractivity contribution in [3.05, 3.63) is 39.9 Å². The molecule has 0 radical (unpaired) electrons. The van der Waals surface area contributed by atoms with E-state index >= 15 is 0 Å². The molecule has 1 aromatic carbocycles. The number of nitro groups is 1. The highest BCUT2D eigenvalue weighted by molar-refractivity contribution is 5.35. The van der Waals surface area contributed by atoms with Crippen LogP contribution in [0, 0.1) is 10.1 Å². The molecule has 0 bridgehead atoms. The normalized spacial score (nSPS) is 12.7. The lowest BCUT2D eigenvalue weighted by atomic mass is 10.0. The molecule has 4 nitrogen and oxygen atoms in total. The third-order valence-electron chi connectivity index (χ3n) is 2.60. The summed E-state index contributed by atoms with van der Waals surface area (Å²) in [6, 6.07) is 7.45. The summed E-state index contributed by atoms with van der Waals surface area (Å²) >= 11 is 0. The summed E-state index contributed by atoms with van der Waals surface area (Å²) < 4.78 is 0. The number of hydrogen-bond donors (Lipinski definition) is 1. The molecule has 0 saturated carbocycles. The van der Waals surface area contributed by atoms with Crippen LogP contribution in [0.2, 0.25) is 0 Å². The summed E-state index contributed by atoms with van der Waals surface area (Å²) in [6.07, 6.45) is 2.03. The zero-order chi connectivity index (χ0) is 12.8. The summed E-state index contributed by atoms with van der Waals surface area (Å²) in [4.78, 5) is 10.4. The predicted octanol–water partition coefficient (Wildman–Crippen LogP) is 3.43. The first-order valence-corrected chi connectivity index (χ1v) is 6.05. The van der Waals surface area contributed by atoms with Gasteiger partial charge in [-0.3, -0.25) is 10.1 Å². The highest BCUT2D eigenvalue weighted by atomic mass is 16.6. The van der Waals surface area contributed by atoms with Crippen LogP contribution in [0.25, 0.3) is 0 Å². The molecule has 0 spiro atoms. The van der Waals surface area contributed by atoms with E-state index in [0.717, 1.165) is 18.4 Å². The lowest BCUT2D eigenvalue weighted by Crippen LogP contribution is -2.28. The van der Waals surface area contributed by atoms with Crippen molar-refractivity contribution in [3.63, 3.8) is 0 Å². The fraction of sp³-hybridized carbons (Fsp3) is 0.538. The van der Waals surface area contributed by atoms with Gasteiger partial charge in [0.25, 0.3) is 5.69 Å². The van der Waals surface area contributed by atoms with E-state index in [1.165, 1.54) is 6.07 Å². The summed E-state index contributed by atoms with van der Waals surface area (Å²) in [5, 5.41) is 14.2. The van der Waals surface area contributed by atoms with Crippen LogP contribution in [0.15, 0.2) is 24.3 Å². The van der Waals surface area contributed by atoms with E-state index in [1.807, 2.05) is 6.07 Å². The zero-order valence-corrected chi connectivity index (χ0v) is 10.6. The molecular formula is C13H20N2O2. The van der Waals surface area contributed by atoms with Gasteiger partial charge in [0.2, 0.25) is 0 Å². The topological polar surface area (TPSA) is 55.2 Å². The van der Waals surface area contributed by atoms with Crippen molar-refractivity contribution in [1.82, 2.24) is 5.32 Å². The van der Waals surface area contributed by atoms with Crippen molar-refractivity contribution in [2.45, 2.75) is 45.7 Å². The van der Waals surface area contributed by atoms with Crippen LogP contribution in [-0.2, 0) is 0 Å². The molecule has 0 aliphatic heterocycles. The quantitative estimate of drug-likeness (QED) is 0.608. The van der Waals surface area contributed by atoms with Crippen LogP contribution < -0.4 is 5.32 Å². The van der Waals surface area contributed by atoms with Crippen LogP contribution in [0.1, 0.15) is 45.2 Å². The Morgan fingerprint density at radius 1 is 1.41 bits per heavy atom. The number of hydrogen-bond acceptors (Lipinski definition) is 3. The van der Waals surface area contributed by atoms with Crippen molar-refractivity contribution < 1.29 is 4.92 Å². The van der Waals surface area contributed by atoms with Gasteiger partial charge in [-0.1, -0.05) is 39.3 Å². The molecule has 0 heterocycles. The third-order valence-corrected chi connectivity index (χ3v) is 2.60. The van der Waals surface area contributed by atoms with E-state index in [4.69, 9.17) is 0 Å². The minimum atomic E-state index is -0.345. The lowest BCUT2D eigenvalue weighted by molar-refractivity contribution is -0.384. The van der Waals surface area contributed by atoms with E-state index in [9.17, 15) is 10.1 Å². The monoisotopic (exact) mass is 236 g/mol. The fourth-order valence-corrected chi connectivity index (χ4v) is 1.89. The molecule has 1 unspecified atom stereocenters. The second-order valence-corrected chi connectivity index (χ2v) is 4.51. The van der Waals surface area contributed by atoms with Gasteiger partial charge in [0.1, 0.15) is 0 Å². The number of nitrogens with zero attached hydrogens (tertiary/aromatic N) is 1. The van der Waals surface area contributed by atoms with E-state index in [2.05, 4.69) is 26.1 Å². The maximum atomic E-state index is 10.7. The number of nitrogens with one attached hydrogen (secondary N) is 1. The lowest BCUT2D eigenvalue weighted by Gasteiger charge is -2.21. The van der Waals surface area contributed by atoms with Gasteiger partial charge in [-0.15, -0.1) is 0 Å². The predicted molar refractivity (Wildman–Crippen MR) is 69.0 cm³/mol. The first-order chi connectivity index (χ1) is 8.04. The molecule has 0 aliphatic rings. The molecule has 94 valence electrons. The SMILES string of the molecule is CCCC(NC(C)C)c1cccc([N+](=O)[O-])c1. The van der Waals surface area contributed by atoms with E-state index < -0.39 is 0 Å². The van der Waals surface area contributed by atoms with E-state index in [0.29, 0.717) is 6.04 Å². The van der Waals surface area contributed by atoms with E-state index in [1.54, 1.807) is 12.1 Å². The van der Waals surface area contributed by atoms with Gasteiger partial charge in [0.15, 0.2) is 0 Å².